The summed E-state index contributed by atoms with van der Waals surface area (Å²) in [6, 6.07) is 0. The van der Waals surface area contributed by atoms with Crippen LogP contribution >= 0.6 is 11.6 Å². The fourth-order valence-corrected chi connectivity index (χ4v) is 0.331. The van der Waals surface area contributed by atoms with Gasteiger partial charge in [0.15, 0.2) is 6.61 Å². The third-order valence-corrected chi connectivity index (χ3v) is 0.881. The van der Waals surface area contributed by atoms with Crippen molar-refractivity contribution in [2.24, 2.45) is 0 Å². The minimum Gasteiger partial charge on any atom is -0.455 e. The summed E-state index contributed by atoms with van der Waals surface area (Å²) in [6.45, 7) is -0.344. The van der Waals surface area contributed by atoms with Crippen molar-refractivity contribution in [2.45, 2.75) is 18.5 Å². The third-order valence-electron chi connectivity index (χ3n) is 0.703. The van der Waals surface area contributed by atoms with Crippen molar-refractivity contribution in [3.63, 3.8) is 0 Å². The van der Waals surface area contributed by atoms with Crippen LogP contribution in [0.4, 0.5) is 13.2 Å². The van der Waals surface area contributed by atoms with Crippen LogP contribution in [0.2, 0.25) is 0 Å². The molecule has 0 saturated heterocycles. The van der Waals surface area contributed by atoms with Crippen molar-refractivity contribution in [3.8, 4) is 0 Å². The quantitative estimate of drug-likeness (QED) is 0.490. The number of esters is 1. The SMILES string of the molecule is C[C@@H](Cl)C(=O)OCC(F)(F)F. The van der Waals surface area contributed by atoms with Gasteiger partial charge in [0.1, 0.15) is 5.38 Å². The lowest BCUT2D eigenvalue weighted by atomic mass is 10.5. The minimum atomic E-state index is -4.48. The van der Waals surface area contributed by atoms with Gasteiger partial charge in [0.25, 0.3) is 0 Å². The number of ether oxygens (including phenoxy) is 1. The second-order valence-corrected chi connectivity index (χ2v) is 2.49. The Labute approximate surface area is 66.3 Å². The van der Waals surface area contributed by atoms with Crippen LogP contribution < -0.4 is 0 Å². The number of alkyl halides is 4. The summed E-state index contributed by atoms with van der Waals surface area (Å²) < 4.78 is 37.8. The molecule has 0 unspecified atom stereocenters. The van der Waals surface area contributed by atoms with Crippen molar-refractivity contribution in [2.75, 3.05) is 6.61 Å². The molecule has 11 heavy (non-hydrogen) atoms. The predicted octanol–water partition coefficient (Wildman–Crippen LogP) is 1.72. The first-order valence-corrected chi connectivity index (χ1v) is 3.14. The maximum atomic E-state index is 11.4. The number of hydrogen-bond acceptors (Lipinski definition) is 2. The van der Waals surface area contributed by atoms with Gasteiger partial charge in [0, 0.05) is 0 Å². The lowest BCUT2D eigenvalue weighted by Crippen LogP contribution is -2.23. The summed E-state index contributed by atoms with van der Waals surface area (Å²) in [4.78, 5) is 10.3. The van der Waals surface area contributed by atoms with Gasteiger partial charge < -0.3 is 4.74 Å². The van der Waals surface area contributed by atoms with Crippen LogP contribution in [0.3, 0.4) is 0 Å². The van der Waals surface area contributed by atoms with E-state index in [0.717, 1.165) is 0 Å². The maximum Gasteiger partial charge on any atom is 0.422 e. The Hall–Kier alpha value is -0.450. The fraction of sp³-hybridized carbons (Fsp3) is 0.800. The summed E-state index contributed by atoms with van der Waals surface area (Å²) in [7, 11) is 0. The van der Waals surface area contributed by atoms with Crippen LogP contribution in [0.5, 0.6) is 0 Å². The van der Waals surface area contributed by atoms with Crippen molar-refractivity contribution in [1.29, 1.82) is 0 Å². The average Bonchev–Trinajstić information content (AvgIpc) is 1.80. The van der Waals surface area contributed by atoms with Gasteiger partial charge in [-0.05, 0) is 6.92 Å². The summed E-state index contributed by atoms with van der Waals surface area (Å²) in [6.07, 6.45) is -4.48. The smallest absolute Gasteiger partial charge is 0.422 e. The highest BCUT2D eigenvalue weighted by Gasteiger charge is 2.30. The van der Waals surface area contributed by atoms with E-state index in [-0.39, 0.29) is 0 Å². The molecule has 0 aromatic rings. The molecule has 0 spiro atoms. The molecule has 0 aromatic carbocycles. The van der Waals surface area contributed by atoms with E-state index in [1.54, 1.807) is 0 Å². The molecule has 66 valence electrons. The van der Waals surface area contributed by atoms with Gasteiger partial charge in [0.05, 0.1) is 0 Å². The normalized spacial score (nSPS) is 14.3. The molecule has 0 aromatic heterocycles. The lowest BCUT2D eigenvalue weighted by molar-refractivity contribution is -0.185. The zero-order valence-corrected chi connectivity index (χ0v) is 6.37. The first-order valence-electron chi connectivity index (χ1n) is 2.70. The Balaban J connectivity index is 3.64. The Kier molecular flexibility index (Phi) is 3.65. The molecule has 0 aliphatic carbocycles. The van der Waals surface area contributed by atoms with E-state index >= 15 is 0 Å². The molecule has 0 heterocycles. The van der Waals surface area contributed by atoms with Gasteiger partial charge in [0.2, 0.25) is 0 Å². The summed E-state index contributed by atoms with van der Waals surface area (Å²) in [5.41, 5.74) is 0. The van der Waals surface area contributed by atoms with Crippen molar-refractivity contribution in [3.05, 3.63) is 0 Å². The molecule has 0 aliphatic heterocycles. The van der Waals surface area contributed by atoms with Gasteiger partial charge in [-0.2, -0.15) is 13.2 Å². The zero-order valence-electron chi connectivity index (χ0n) is 5.61. The van der Waals surface area contributed by atoms with Gasteiger partial charge in [-0.3, -0.25) is 4.79 Å². The van der Waals surface area contributed by atoms with Gasteiger partial charge in [-0.25, -0.2) is 0 Å². The van der Waals surface area contributed by atoms with Crippen molar-refractivity contribution >= 4 is 17.6 Å². The minimum absolute atomic E-state index is 1.04. The maximum absolute atomic E-state index is 11.4. The number of rotatable bonds is 2. The standard InChI is InChI=1S/C5H6ClF3O2/c1-3(6)4(10)11-2-5(7,8)9/h3H,2H2,1H3/t3-/m1/s1. The van der Waals surface area contributed by atoms with Crippen molar-refractivity contribution < 1.29 is 22.7 Å². The Morgan fingerprint density at radius 3 is 2.36 bits per heavy atom. The molecule has 2 nitrogen and oxygen atoms in total. The van der Waals surface area contributed by atoms with E-state index in [9.17, 15) is 18.0 Å². The van der Waals surface area contributed by atoms with Crippen LogP contribution in [0, 0.1) is 0 Å². The van der Waals surface area contributed by atoms with E-state index in [4.69, 9.17) is 11.6 Å². The second kappa shape index (κ2) is 3.80. The largest absolute Gasteiger partial charge is 0.455 e. The fourth-order valence-electron chi connectivity index (χ4n) is 0.268. The number of hydrogen-bond donors (Lipinski definition) is 0. The molecule has 0 amide bonds. The topological polar surface area (TPSA) is 26.3 Å². The molecular formula is C5H6ClF3O2. The molecule has 0 radical (unpaired) electrons. The molecule has 0 N–H and O–H groups in total. The van der Waals surface area contributed by atoms with E-state index in [0.29, 0.717) is 0 Å². The average molecular weight is 191 g/mol. The summed E-state index contributed by atoms with van der Waals surface area (Å²) in [5, 5.41) is -1.04. The molecule has 0 bridgehead atoms. The summed E-state index contributed by atoms with van der Waals surface area (Å²) >= 11 is 5.12. The first-order chi connectivity index (χ1) is 4.83. The van der Waals surface area contributed by atoms with Crippen LogP contribution in [0.25, 0.3) is 0 Å². The molecule has 1 atom stereocenters. The van der Waals surface area contributed by atoms with E-state index in [2.05, 4.69) is 4.74 Å². The molecule has 0 saturated carbocycles. The monoisotopic (exact) mass is 190 g/mol. The lowest BCUT2D eigenvalue weighted by Gasteiger charge is -2.07. The van der Waals surface area contributed by atoms with Gasteiger partial charge in [-0.1, -0.05) is 0 Å². The molecular weight excluding hydrogens is 184 g/mol. The van der Waals surface area contributed by atoms with Crippen LogP contribution in [-0.2, 0) is 9.53 Å². The Morgan fingerprint density at radius 2 is 2.09 bits per heavy atom. The highest BCUT2D eigenvalue weighted by molar-refractivity contribution is 6.29. The zero-order chi connectivity index (χ0) is 9.07. The summed E-state index contributed by atoms with van der Waals surface area (Å²) in [5.74, 6) is -1.07. The second-order valence-electron chi connectivity index (χ2n) is 1.84. The Bertz CT molecular complexity index is 143. The van der Waals surface area contributed by atoms with Crippen molar-refractivity contribution in [1.82, 2.24) is 0 Å². The van der Waals surface area contributed by atoms with Crippen LogP contribution in [0.15, 0.2) is 0 Å². The van der Waals surface area contributed by atoms with Gasteiger partial charge >= 0.3 is 12.1 Å². The number of halogens is 4. The predicted molar refractivity (Wildman–Crippen MR) is 32.3 cm³/mol. The van der Waals surface area contributed by atoms with Crippen LogP contribution in [-0.4, -0.2) is 24.1 Å². The van der Waals surface area contributed by atoms with Crippen LogP contribution in [0.1, 0.15) is 6.92 Å². The van der Waals surface area contributed by atoms with E-state index in [1.165, 1.54) is 6.92 Å². The molecule has 0 aliphatic rings. The third kappa shape index (κ3) is 5.97. The molecule has 0 rings (SSSR count). The van der Waals surface area contributed by atoms with E-state index < -0.39 is 24.1 Å². The molecule has 0 fully saturated rings. The number of carbonyl (C=O) groups excluding carboxylic acids is 1. The number of carbonyl (C=O) groups is 1. The molecule has 6 heteroatoms. The highest BCUT2D eigenvalue weighted by atomic mass is 35.5. The highest BCUT2D eigenvalue weighted by Crippen LogP contribution is 2.15. The Morgan fingerprint density at radius 1 is 1.64 bits per heavy atom. The van der Waals surface area contributed by atoms with E-state index in [1.807, 2.05) is 0 Å². The van der Waals surface area contributed by atoms with Gasteiger partial charge in [-0.15, -0.1) is 11.6 Å². The first kappa shape index (κ1) is 10.6.